The topological polar surface area (TPSA) is 72.7 Å². The van der Waals surface area contributed by atoms with Gasteiger partial charge in [-0.3, -0.25) is 14.3 Å². The van der Waals surface area contributed by atoms with Gasteiger partial charge in [-0.25, -0.2) is 9.78 Å². The van der Waals surface area contributed by atoms with Crippen LogP contribution < -0.4 is 11.2 Å². The summed E-state index contributed by atoms with van der Waals surface area (Å²) in [5.74, 6) is 0. The fraction of sp³-hybridized carbons (Fsp3) is 0.750. The molecule has 0 bridgehead atoms. The Morgan fingerprint density at radius 2 is 1.67 bits per heavy atom. The van der Waals surface area contributed by atoms with Crippen molar-refractivity contribution in [1.29, 1.82) is 0 Å². The van der Waals surface area contributed by atoms with Gasteiger partial charge in [0.2, 0.25) is 0 Å². The lowest BCUT2D eigenvalue weighted by molar-refractivity contribution is 0.533. The standard InChI is InChI=1S/C20H34N4O2S/c1-5-7-8-9-10-11-12-13-14-24-16-17(21-20(24)27-15(3)6-2)23(4)19(26)22-18(16)25/h15H,5-14H2,1-4H3,(H,22,25,26). The molecule has 0 aliphatic rings. The molecular formula is C20H34N4O2S. The third-order valence-corrected chi connectivity index (χ3v) is 6.35. The van der Waals surface area contributed by atoms with E-state index < -0.39 is 5.69 Å². The van der Waals surface area contributed by atoms with Gasteiger partial charge >= 0.3 is 5.69 Å². The van der Waals surface area contributed by atoms with Crippen molar-refractivity contribution in [3.63, 3.8) is 0 Å². The van der Waals surface area contributed by atoms with Gasteiger partial charge in [0.05, 0.1) is 0 Å². The molecule has 0 saturated heterocycles. The van der Waals surface area contributed by atoms with Gasteiger partial charge in [-0.2, -0.15) is 0 Å². The summed E-state index contributed by atoms with van der Waals surface area (Å²) in [7, 11) is 1.66. The minimum Gasteiger partial charge on any atom is -0.313 e. The van der Waals surface area contributed by atoms with Crippen molar-refractivity contribution in [2.45, 2.75) is 95.5 Å². The first-order valence-corrected chi connectivity index (χ1v) is 11.2. The van der Waals surface area contributed by atoms with Crippen molar-refractivity contribution in [3.8, 4) is 0 Å². The summed E-state index contributed by atoms with van der Waals surface area (Å²) >= 11 is 1.68. The molecule has 0 saturated carbocycles. The smallest absolute Gasteiger partial charge is 0.313 e. The molecule has 0 aliphatic carbocycles. The van der Waals surface area contributed by atoms with Gasteiger partial charge in [-0.05, 0) is 12.8 Å². The number of aryl methyl sites for hydroxylation is 2. The lowest BCUT2D eigenvalue weighted by atomic mass is 10.1. The van der Waals surface area contributed by atoms with E-state index in [1.165, 1.54) is 43.1 Å². The number of H-pyrrole nitrogens is 1. The van der Waals surface area contributed by atoms with Gasteiger partial charge in [-0.15, -0.1) is 0 Å². The molecule has 0 aromatic carbocycles. The Morgan fingerprint density at radius 3 is 2.30 bits per heavy atom. The number of rotatable bonds is 12. The van der Waals surface area contributed by atoms with Gasteiger partial charge in [0.25, 0.3) is 5.56 Å². The van der Waals surface area contributed by atoms with Crippen molar-refractivity contribution in [2.75, 3.05) is 0 Å². The molecule has 2 heterocycles. The largest absolute Gasteiger partial charge is 0.329 e. The van der Waals surface area contributed by atoms with Crippen LogP contribution in [0.2, 0.25) is 0 Å². The van der Waals surface area contributed by atoms with Crippen LogP contribution in [0.5, 0.6) is 0 Å². The van der Waals surface area contributed by atoms with Gasteiger partial charge in [0.15, 0.2) is 16.3 Å². The summed E-state index contributed by atoms with van der Waals surface area (Å²) in [6, 6.07) is 0. The second kappa shape index (κ2) is 10.7. The summed E-state index contributed by atoms with van der Waals surface area (Å²) in [6.45, 7) is 7.31. The zero-order chi connectivity index (χ0) is 19.8. The van der Waals surface area contributed by atoms with E-state index in [1.807, 2.05) is 4.57 Å². The van der Waals surface area contributed by atoms with Gasteiger partial charge in [0, 0.05) is 18.8 Å². The quantitative estimate of drug-likeness (QED) is 0.426. The minimum atomic E-state index is -0.413. The van der Waals surface area contributed by atoms with E-state index in [0.29, 0.717) is 16.4 Å². The number of nitrogens with one attached hydrogen (secondary N) is 1. The summed E-state index contributed by atoms with van der Waals surface area (Å²) in [6.07, 6.45) is 11.0. The Morgan fingerprint density at radius 1 is 1.04 bits per heavy atom. The number of hydrogen-bond donors (Lipinski definition) is 1. The Hall–Kier alpha value is -1.50. The molecule has 6 nitrogen and oxygen atoms in total. The second-order valence-corrected chi connectivity index (χ2v) is 8.75. The average molecular weight is 395 g/mol. The highest BCUT2D eigenvalue weighted by Crippen LogP contribution is 2.27. The molecule has 0 spiro atoms. The number of fused-ring (bicyclic) bond motifs is 1. The molecule has 7 heteroatoms. The molecule has 27 heavy (non-hydrogen) atoms. The van der Waals surface area contributed by atoms with Crippen LogP contribution in [0.25, 0.3) is 11.2 Å². The maximum atomic E-state index is 12.4. The summed E-state index contributed by atoms with van der Waals surface area (Å²) < 4.78 is 3.45. The first-order chi connectivity index (χ1) is 13.0. The van der Waals surface area contributed by atoms with Crippen molar-refractivity contribution in [3.05, 3.63) is 20.8 Å². The Kier molecular flexibility index (Phi) is 8.67. The van der Waals surface area contributed by atoms with E-state index in [0.717, 1.165) is 31.0 Å². The van der Waals surface area contributed by atoms with Crippen LogP contribution in [-0.2, 0) is 13.6 Å². The highest BCUT2D eigenvalue weighted by Gasteiger charge is 2.18. The monoisotopic (exact) mass is 394 g/mol. The lowest BCUT2D eigenvalue weighted by Crippen LogP contribution is -2.29. The summed E-state index contributed by atoms with van der Waals surface area (Å²) in [4.78, 5) is 31.4. The minimum absolute atomic E-state index is 0.337. The van der Waals surface area contributed by atoms with E-state index in [2.05, 4.69) is 30.7 Å². The number of aromatic amines is 1. The summed E-state index contributed by atoms with van der Waals surface area (Å²) in [5, 5.41) is 1.25. The van der Waals surface area contributed by atoms with Crippen molar-refractivity contribution in [1.82, 2.24) is 19.1 Å². The molecule has 2 rings (SSSR count). The van der Waals surface area contributed by atoms with Crippen LogP contribution in [0.4, 0.5) is 0 Å². The zero-order valence-corrected chi connectivity index (χ0v) is 18.0. The third-order valence-electron chi connectivity index (χ3n) is 5.09. The molecule has 2 aromatic rings. The van der Waals surface area contributed by atoms with Crippen LogP contribution in [0, 0.1) is 0 Å². The fourth-order valence-corrected chi connectivity index (χ4v) is 4.15. The maximum Gasteiger partial charge on any atom is 0.329 e. The molecule has 152 valence electrons. The predicted octanol–water partition coefficient (Wildman–Crippen LogP) is 4.45. The molecule has 0 fully saturated rings. The van der Waals surface area contributed by atoms with Gasteiger partial charge < -0.3 is 4.57 Å². The van der Waals surface area contributed by atoms with Gasteiger partial charge in [0.1, 0.15) is 0 Å². The van der Waals surface area contributed by atoms with E-state index in [4.69, 9.17) is 0 Å². The molecular weight excluding hydrogens is 360 g/mol. The SMILES string of the molecule is CCCCCCCCCCn1c(SC(C)CC)nc2c1c(=O)[nH]c(=O)n2C. The van der Waals surface area contributed by atoms with Crippen LogP contribution in [0.3, 0.4) is 0 Å². The normalized spacial score (nSPS) is 12.7. The van der Waals surface area contributed by atoms with Crippen molar-refractivity contribution < 1.29 is 0 Å². The molecule has 1 atom stereocenters. The molecule has 1 N–H and O–H groups in total. The fourth-order valence-electron chi connectivity index (χ4n) is 3.18. The van der Waals surface area contributed by atoms with Crippen LogP contribution >= 0.6 is 11.8 Å². The number of thioether (sulfide) groups is 1. The Balaban J connectivity index is 2.13. The van der Waals surface area contributed by atoms with Gasteiger partial charge in [-0.1, -0.05) is 77.5 Å². The lowest BCUT2D eigenvalue weighted by Gasteiger charge is -2.11. The predicted molar refractivity (Wildman–Crippen MR) is 114 cm³/mol. The van der Waals surface area contributed by atoms with Crippen LogP contribution in [0.1, 0.15) is 78.6 Å². The van der Waals surface area contributed by atoms with Crippen LogP contribution in [0.15, 0.2) is 14.7 Å². The van der Waals surface area contributed by atoms with Crippen LogP contribution in [-0.4, -0.2) is 24.4 Å². The van der Waals surface area contributed by atoms with Crippen molar-refractivity contribution in [2.24, 2.45) is 7.05 Å². The molecule has 0 radical (unpaired) electrons. The van der Waals surface area contributed by atoms with E-state index >= 15 is 0 Å². The molecule has 0 aliphatic heterocycles. The zero-order valence-electron chi connectivity index (χ0n) is 17.2. The average Bonchev–Trinajstić information content (AvgIpc) is 3.00. The molecule has 1 unspecified atom stereocenters. The number of aromatic nitrogens is 4. The second-order valence-electron chi connectivity index (χ2n) is 7.35. The molecule has 0 amide bonds. The number of unbranched alkanes of at least 4 members (excludes halogenated alkanes) is 7. The molecule has 2 aromatic heterocycles. The maximum absolute atomic E-state index is 12.4. The van der Waals surface area contributed by atoms with E-state index in [9.17, 15) is 9.59 Å². The summed E-state index contributed by atoms with van der Waals surface area (Å²) in [5.41, 5.74) is 0.250. The number of imidazole rings is 1. The highest BCUT2D eigenvalue weighted by atomic mass is 32.2. The first kappa shape index (κ1) is 21.8. The van der Waals surface area contributed by atoms with Crippen molar-refractivity contribution >= 4 is 22.9 Å². The number of hydrogen-bond acceptors (Lipinski definition) is 4. The first-order valence-electron chi connectivity index (χ1n) is 10.4. The highest BCUT2D eigenvalue weighted by molar-refractivity contribution is 7.99. The Labute approximate surface area is 165 Å². The van der Waals surface area contributed by atoms with E-state index in [1.54, 1.807) is 18.8 Å². The third kappa shape index (κ3) is 5.74. The Bertz CT molecular complexity index is 837. The number of nitrogens with zero attached hydrogens (tertiary/aromatic N) is 3. The van der Waals surface area contributed by atoms with E-state index in [-0.39, 0.29) is 5.56 Å².